The van der Waals surface area contributed by atoms with Crippen molar-refractivity contribution in [2.75, 3.05) is 20.8 Å². The maximum Gasteiger partial charge on any atom is 0.251 e. The van der Waals surface area contributed by atoms with E-state index in [0.717, 1.165) is 16.9 Å². The summed E-state index contributed by atoms with van der Waals surface area (Å²) in [6.45, 7) is 6.38. The fourth-order valence-electron chi connectivity index (χ4n) is 2.64. The minimum absolute atomic E-state index is 0.142. The van der Waals surface area contributed by atoms with Gasteiger partial charge in [0.1, 0.15) is 17.2 Å². The molecule has 25 heavy (non-hydrogen) atoms. The fourth-order valence-corrected chi connectivity index (χ4v) is 2.64. The van der Waals surface area contributed by atoms with Crippen LogP contribution < -0.4 is 19.5 Å². The SMILES string of the molecule is CCOc1ccc(C(=O)NC(C)c2ccc(OC)cc2OC)cc1C. The molecule has 0 saturated heterocycles. The van der Waals surface area contributed by atoms with Gasteiger partial charge in [-0.25, -0.2) is 0 Å². The highest BCUT2D eigenvalue weighted by atomic mass is 16.5. The van der Waals surface area contributed by atoms with Crippen molar-refractivity contribution in [1.29, 1.82) is 0 Å². The Labute approximate surface area is 148 Å². The number of benzene rings is 2. The molecule has 1 N–H and O–H groups in total. The van der Waals surface area contributed by atoms with E-state index >= 15 is 0 Å². The maximum absolute atomic E-state index is 12.6. The summed E-state index contributed by atoms with van der Waals surface area (Å²) in [5.74, 6) is 2.04. The molecular formula is C20H25NO4. The first-order valence-corrected chi connectivity index (χ1v) is 8.26. The minimum atomic E-state index is -0.208. The van der Waals surface area contributed by atoms with E-state index in [9.17, 15) is 4.79 Å². The molecule has 2 aromatic rings. The summed E-state index contributed by atoms with van der Waals surface area (Å²) in [6.07, 6.45) is 0. The van der Waals surface area contributed by atoms with Gasteiger partial charge in [-0.15, -0.1) is 0 Å². The molecule has 0 aliphatic carbocycles. The van der Waals surface area contributed by atoms with Crippen LogP contribution >= 0.6 is 0 Å². The zero-order valence-electron chi connectivity index (χ0n) is 15.4. The van der Waals surface area contributed by atoms with Crippen LogP contribution in [0.1, 0.15) is 41.4 Å². The third-order valence-corrected chi connectivity index (χ3v) is 3.99. The van der Waals surface area contributed by atoms with E-state index in [4.69, 9.17) is 14.2 Å². The average molecular weight is 343 g/mol. The Bertz CT molecular complexity index is 742. The quantitative estimate of drug-likeness (QED) is 0.828. The van der Waals surface area contributed by atoms with E-state index in [1.807, 2.05) is 45.0 Å². The molecule has 0 aliphatic heterocycles. The summed E-state index contributed by atoms with van der Waals surface area (Å²) in [5, 5.41) is 3.00. The Morgan fingerprint density at radius 2 is 1.84 bits per heavy atom. The second-order valence-electron chi connectivity index (χ2n) is 5.72. The zero-order chi connectivity index (χ0) is 18.4. The monoisotopic (exact) mass is 343 g/mol. The Morgan fingerprint density at radius 3 is 2.44 bits per heavy atom. The number of ether oxygens (including phenoxy) is 3. The molecule has 0 fully saturated rings. The molecule has 2 rings (SSSR count). The molecular weight excluding hydrogens is 318 g/mol. The Morgan fingerprint density at radius 1 is 1.08 bits per heavy atom. The Kier molecular flexibility index (Phi) is 6.28. The lowest BCUT2D eigenvalue weighted by Crippen LogP contribution is -2.27. The molecule has 0 aliphatic rings. The number of amides is 1. The molecule has 0 spiro atoms. The third kappa shape index (κ3) is 4.44. The lowest BCUT2D eigenvalue weighted by atomic mass is 10.1. The Hall–Kier alpha value is -2.69. The van der Waals surface area contributed by atoms with Crippen LogP contribution in [-0.4, -0.2) is 26.7 Å². The second-order valence-corrected chi connectivity index (χ2v) is 5.72. The molecule has 1 atom stereocenters. The molecule has 2 aromatic carbocycles. The molecule has 0 bridgehead atoms. The van der Waals surface area contributed by atoms with Crippen LogP contribution in [0.3, 0.4) is 0 Å². The molecule has 0 saturated carbocycles. The van der Waals surface area contributed by atoms with Crippen LogP contribution in [-0.2, 0) is 0 Å². The standard InChI is InChI=1S/C20H25NO4/c1-6-25-18-10-7-15(11-13(18)2)20(22)21-14(3)17-9-8-16(23-4)12-19(17)24-5/h7-12,14H,6H2,1-5H3,(H,21,22). The van der Waals surface area contributed by atoms with E-state index in [0.29, 0.717) is 23.7 Å². The molecule has 0 heterocycles. The first-order valence-electron chi connectivity index (χ1n) is 8.26. The van der Waals surface area contributed by atoms with Gasteiger partial charge in [0, 0.05) is 17.2 Å². The van der Waals surface area contributed by atoms with Gasteiger partial charge in [0.15, 0.2) is 0 Å². The predicted molar refractivity (Wildman–Crippen MR) is 97.8 cm³/mol. The number of carbonyl (C=O) groups excluding carboxylic acids is 1. The summed E-state index contributed by atoms with van der Waals surface area (Å²) in [6, 6.07) is 10.8. The molecule has 1 unspecified atom stereocenters. The van der Waals surface area contributed by atoms with Crippen molar-refractivity contribution in [1.82, 2.24) is 5.32 Å². The summed E-state index contributed by atoms with van der Waals surface area (Å²) < 4.78 is 16.1. The highest BCUT2D eigenvalue weighted by Crippen LogP contribution is 2.29. The number of rotatable bonds is 7. The molecule has 1 amide bonds. The lowest BCUT2D eigenvalue weighted by Gasteiger charge is -2.18. The van der Waals surface area contributed by atoms with Gasteiger partial charge in [-0.3, -0.25) is 4.79 Å². The van der Waals surface area contributed by atoms with Crippen molar-refractivity contribution in [2.24, 2.45) is 0 Å². The van der Waals surface area contributed by atoms with Gasteiger partial charge in [0.2, 0.25) is 0 Å². The number of nitrogens with one attached hydrogen (secondary N) is 1. The van der Waals surface area contributed by atoms with Crippen molar-refractivity contribution in [2.45, 2.75) is 26.8 Å². The van der Waals surface area contributed by atoms with Crippen LogP contribution in [0.4, 0.5) is 0 Å². The van der Waals surface area contributed by atoms with Gasteiger partial charge in [-0.05, 0) is 56.7 Å². The molecule has 5 nitrogen and oxygen atoms in total. The summed E-state index contributed by atoms with van der Waals surface area (Å²) in [5.41, 5.74) is 2.42. The molecule has 0 radical (unpaired) electrons. The van der Waals surface area contributed by atoms with Crippen LogP contribution in [0.5, 0.6) is 17.2 Å². The van der Waals surface area contributed by atoms with Gasteiger partial charge in [0.05, 0.1) is 26.9 Å². The highest BCUT2D eigenvalue weighted by molar-refractivity contribution is 5.94. The number of hydrogen-bond donors (Lipinski definition) is 1. The van der Waals surface area contributed by atoms with Crippen molar-refractivity contribution < 1.29 is 19.0 Å². The smallest absolute Gasteiger partial charge is 0.251 e. The second kappa shape index (κ2) is 8.42. The average Bonchev–Trinajstić information content (AvgIpc) is 2.62. The van der Waals surface area contributed by atoms with Crippen molar-refractivity contribution in [3.05, 3.63) is 53.1 Å². The predicted octanol–water partition coefficient (Wildman–Crippen LogP) is 3.90. The lowest BCUT2D eigenvalue weighted by molar-refractivity contribution is 0.0939. The minimum Gasteiger partial charge on any atom is -0.497 e. The largest absolute Gasteiger partial charge is 0.497 e. The first kappa shape index (κ1) is 18.6. The number of methoxy groups -OCH3 is 2. The highest BCUT2D eigenvalue weighted by Gasteiger charge is 2.16. The Balaban J connectivity index is 2.16. The maximum atomic E-state index is 12.6. The van der Waals surface area contributed by atoms with Gasteiger partial charge < -0.3 is 19.5 Å². The van der Waals surface area contributed by atoms with E-state index in [2.05, 4.69) is 5.32 Å². The summed E-state index contributed by atoms with van der Waals surface area (Å²) in [4.78, 5) is 12.6. The van der Waals surface area contributed by atoms with Crippen LogP contribution in [0.2, 0.25) is 0 Å². The zero-order valence-corrected chi connectivity index (χ0v) is 15.4. The summed E-state index contributed by atoms with van der Waals surface area (Å²) >= 11 is 0. The normalized spacial score (nSPS) is 11.6. The van der Waals surface area contributed by atoms with Crippen LogP contribution in [0, 0.1) is 6.92 Å². The third-order valence-electron chi connectivity index (χ3n) is 3.99. The topological polar surface area (TPSA) is 56.8 Å². The van der Waals surface area contributed by atoms with Crippen LogP contribution in [0.25, 0.3) is 0 Å². The fraction of sp³-hybridized carbons (Fsp3) is 0.350. The molecule has 0 aromatic heterocycles. The number of aryl methyl sites for hydroxylation is 1. The number of carbonyl (C=O) groups is 1. The van der Waals surface area contributed by atoms with Crippen molar-refractivity contribution in [3.8, 4) is 17.2 Å². The summed E-state index contributed by atoms with van der Waals surface area (Å²) in [7, 11) is 3.20. The van der Waals surface area contributed by atoms with E-state index in [-0.39, 0.29) is 11.9 Å². The van der Waals surface area contributed by atoms with E-state index in [1.54, 1.807) is 26.4 Å². The molecule has 134 valence electrons. The van der Waals surface area contributed by atoms with Crippen molar-refractivity contribution >= 4 is 5.91 Å². The van der Waals surface area contributed by atoms with Crippen LogP contribution in [0.15, 0.2) is 36.4 Å². The van der Waals surface area contributed by atoms with Gasteiger partial charge in [-0.1, -0.05) is 0 Å². The first-order chi connectivity index (χ1) is 12.0. The van der Waals surface area contributed by atoms with Gasteiger partial charge in [-0.2, -0.15) is 0 Å². The van der Waals surface area contributed by atoms with Gasteiger partial charge in [0.25, 0.3) is 5.91 Å². The van der Waals surface area contributed by atoms with E-state index in [1.165, 1.54) is 0 Å². The molecule has 5 heteroatoms. The van der Waals surface area contributed by atoms with E-state index < -0.39 is 0 Å². The number of hydrogen-bond acceptors (Lipinski definition) is 4. The van der Waals surface area contributed by atoms with Crippen molar-refractivity contribution in [3.63, 3.8) is 0 Å². The van der Waals surface area contributed by atoms with Gasteiger partial charge >= 0.3 is 0 Å².